The molecule has 1 aromatic carbocycles. The molecule has 2 aromatic heterocycles. The Hall–Kier alpha value is -2.67. The van der Waals surface area contributed by atoms with Gasteiger partial charge in [0, 0.05) is 51.5 Å². The molecule has 0 unspecified atom stereocenters. The van der Waals surface area contributed by atoms with Crippen LogP contribution in [0.1, 0.15) is 55.3 Å². The number of fused-ring (bicyclic) bond motifs is 2. The van der Waals surface area contributed by atoms with E-state index in [-0.39, 0.29) is 5.91 Å². The normalized spacial score (nSPS) is 17.4. The molecule has 2 aliphatic heterocycles. The van der Waals surface area contributed by atoms with Crippen LogP contribution in [0.15, 0.2) is 28.7 Å². The van der Waals surface area contributed by atoms with E-state index in [0.29, 0.717) is 32.0 Å². The fourth-order valence-corrected chi connectivity index (χ4v) is 4.56. The third-order valence-corrected chi connectivity index (χ3v) is 6.27. The van der Waals surface area contributed by atoms with E-state index in [1.807, 2.05) is 23.1 Å². The van der Waals surface area contributed by atoms with Gasteiger partial charge in [-0.05, 0) is 25.0 Å². The number of oxazole rings is 1. The minimum absolute atomic E-state index is 0.163. The molecule has 0 radical (unpaired) electrons. The molecule has 3 aromatic rings. The highest BCUT2D eigenvalue weighted by atomic mass is 16.5. The van der Waals surface area contributed by atoms with Gasteiger partial charge >= 0.3 is 0 Å². The van der Waals surface area contributed by atoms with Crippen molar-refractivity contribution >= 4 is 16.9 Å². The molecule has 1 amide bonds. The molecular weight excluding hydrogens is 380 g/mol. The maximum atomic E-state index is 13.0. The second-order valence-electron chi connectivity index (χ2n) is 8.15. The van der Waals surface area contributed by atoms with Gasteiger partial charge < -0.3 is 18.6 Å². The van der Waals surface area contributed by atoms with Gasteiger partial charge in [-0.3, -0.25) is 4.79 Å². The number of carbonyl (C=O) groups is 1. The standard InChI is InChI=1S/C23H28N4O3/c1-2-21-24-17-5-3-4-6-19(17)27(21)12-8-22(28)26-11-7-20-18(15-26)25-23(30-20)16-9-13-29-14-10-16/h3-6,16H,2,7-15H2,1H3. The summed E-state index contributed by atoms with van der Waals surface area (Å²) in [5.41, 5.74) is 3.02. The topological polar surface area (TPSA) is 73.4 Å². The number of para-hydroxylation sites is 2. The van der Waals surface area contributed by atoms with Crippen LogP contribution in [-0.2, 0) is 35.5 Å². The molecule has 7 nitrogen and oxygen atoms in total. The summed E-state index contributed by atoms with van der Waals surface area (Å²) in [6.45, 7) is 5.53. The molecule has 2 aliphatic rings. The van der Waals surface area contributed by atoms with E-state index in [9.17, 15) is 4.79 Å². The summed E-state index contributed by atoms with van der Waals surface area (Å²) in [6, 6.07) is 8.13. The summed E-state index contributed by atoms with van der Waals surface area (Å²) >= 11 is 0. The van der Waals surface area contributed by atoms with E-state index in [1.165, 1.54) is 0 Å². The van der Waals surface area contributed by atoms with E-state index in [4.69, 9.17) is 19.1 Å². The molecule has 5 rings (SSSR count). The van der Waals surface area contributed by atoms with E-state index >= 15 is 0 Å². The van der Waals surface area contributed by atoms with Gasteiger partial charge in [0.1, 0.15) is 17.3 Å². The maximum Gasteiger partial charge on any atom is 0.224 e. The molecule has 0 aliphatic carbocycles. The van der Waals surface area contributed by atoms with Crippen LogP contribution in [0, 0.1) is 0 Å². The molecule has 1 fully saturated rings. The lowest BCUT2D eigenvalue weighted by molar-refractivity contribution is -0.132. The van der Waals surface area contributed by atoms with Crippen molar-refractivity contribution in [1.82, 2.24) is 19.4 Å². The van der Waals surface area contributed by atoms with Crippen LogP contribution >= 0.6 is 0 Å². The van der Waals surface area contributed by atoms with Crippen LogP contribution in [0.25, 0.3) is 11.0 Å². The van der Waals surface area contributed by atoms with E-state index in [0.717, 1.165) is 73.1 Å². The summed E-state index contributed by atoms with van der Waals surface area (Å²) in [5.74, 6) is 3.32. The molecular formula is C23H28N4O3. The number of rotatable bonds is 5. The van der Waals surface area contributed by atoms with Crippen molar-refractivity contribution in [3.05, 3.63) is 47.4 Å². The zero-order chi connectivity index (χ0) is 20.5. The van der Waals surface area contributed by atoms with Crippen molar-refractivity contribution in [3.63, 3.8) is 0 Å². The highest BCUT2D eigenvalue weighted by Gasteiger charge is 2.28. The van der Waals surface area contributed by atoms with Gasteiger partial charge in [-0.1, -0.05) is 19.1 Å². The predicted molar refractivity (Wildman–Crippen MR) is 112 cm³/mol. The summed E-state index contributed by atoms with van der Waals surface area (Å²) in [4.78, 5) is 24.3. The predicted octanol–water partition coefficient (Wildman–Crippen LogP) is 3.46. The van der Waals surface area contributed by atoms with Gasteiger partial charge in [0.2, 0.25) is 5.91 Å². The smallest absolute Gasteiger partial charge is 0.224 e. The number of aromatic nitrogens is 3. The lowest BCUT2D eigenvalue weighted by Gasteiger charge is -2.25. The first-order valence-corrected chi connectivity index (χ1v) is 11.0. The molecule has 0 bridgehead atoms. The van der Waals surface area contributed by atoms with Gasteiger partial charge in [0.15, 0.2) is 5.89 Å². The van der Waals surface area contributed by atoms with Gasteiger partial charge in [-0.15, -0.1) is 0 Å². The number of benzene rings is 1. The number of amides is 1. The van der Waals surface area contributed by atoms with Crippen molar-refractivity contribution in [2.45, 2.75) is 58.0 Å². The maximum absolute atomic E-state index is 13.0. The number of carbonyl (C=O) groups excluding carboxylic acids is 1. The van der Waals surface area contributed by atoms with Gasteiger partial charge in [-0.2, -0.15) is 0 Å². The Morgan fingerprint density at radius 3 is 2.87 bits per heavy atom. The molecule has 0 atom stereocenters. The Kier molecular flexibility index (Phi) is 5.29. The number of ether oxygens (including phenoxy) is 1. The fourth-order valence-electron chi connectivity index (χ4n) is 4.56. The van der Waals surface area contributed by atoms with E-state index in [1.54, 1.807) is 0 Å². The van der Waals surface area contributed by atoms with Crippen molar-refractivity contribution < 1.29 is 13.9 Å². The molecule has 1 saturated heterocycles. The zero-order valence-corrected chi connectivity index (χ0v) is 17.5. The number of nitrogens with zero attached hydrogens (tertiary/aromatic N) is 4. The Labute approximate surface area is 176 Å². The van der Waals surface area contributed by atoms with Crippen molar-refractivity contribution in [2.75, 3.05) is 19.8 Å². The minimum Gasteiger partial charge on any atom is -0.445 e. The highest BCUT2D eigenvalue weighted by Crippen LogP contribution is 2.30. The summed E-state index contributed by atoms with van der Waals surface area (Å²) in [7, 11) is 0. The summed E-state index contributed by atoms with van der Waals surface area (Å²) < 4.78 is 13.7. The molecule has 4 heterocycles. The van der Waals surface area contributed by atoms with Gasteiger partial charge in [-0.25, -0.2) is 9.97 Å². The number of imidazole rings is 1. The zero-order valence-electron chi connectivity index (χ0n) is 17.5. The molecule has 30 heavy (non-hydrogen) atoms. The van der Waals surface area contributed by atoms with Gasteiger partial charge in [0.25, 0.3) is 0 Å². The van der Waals surface area contributed by atoms with Crippen LogP contribution in [0.3, 0.4) is 0 Å². The lowest BCUT2D eigenvalue weighted by atomic mass is 10.0. The second-order valence-corrected chi connectivity index (χ2v) is 8.15. The fraction of sp³-hybridized carbons (Fsp3) is 0.522. The average Bonchev–Trinajstić information content (AvgIpc) is 3.38. The van der Waals surface area contributed by atoms with Crippen LogP contribution in [0.5, 0.6) is 0 Å². The third-order valence-electron chi connectivity index (χ3n) is 6.27. The van der Waals surface area contributed by atoms with Crippen LogP contribution < -0.4 is 0 Å². The lowest BCUT2D eigenvalue weighted by Crippen LogP contribution is -2.36. The Balaban J connectivity index is 1.25. The first-order chi connectivity index (χ1) is 14.7. The van der Waals surface area contributed by atoms with E-state index < -0.39 is 0 Å². The van der Waals surface area contributed by atoms with E-state index in [2.05, 4.69) is 17.6 Å². The third kappa shape index (κ3) is 3.62. The van der Waals surface area contributed by atoms with Crippen molar-refractivity contribution in [1.29, 1.82) is 0 Å². The van der Waals surface area contributed by atoms with Crippen LogP contribution in [0.4, 0.5) is 0 Å². The number of hydrogen-bond acceptors (Lipinski definition) is 5. The second kappa shape index (κ2) is 8.22. The van der Waals surface area contributed by atoms with Crippen LogP contribution in [-0.4, -0.2) is 45.1 Å². The molecule has 7 heteroatoms. The van der Waals surface area contributed by atoms with Crippen LogP contribution in [0.2, 0.25) is 0 Å². The monoisotopic (exact) mass is 408 g/mol. The quantitative estimate of drug-likeness (QED) is 0.646. The van der Waals surface area contributed by atoms with Gasteiger partial charge in [0.05, 0.1) is 17.6 Å². The molecule has 0 spiro atoms. The number of hydrogen-bond donors (Lipinski definition) is 0. The highest BCUT2D eigenvalue weighted by molar-refractivity contribution is 5.78. The largest absolute Gasteiger partial charge is 0.445 e. The Morgan fingerprint density at radius 1 is 1.20 bits per heavy atom. The summed E-state index contributed by atoms with van der Waals surface area (Å²) in [5, 5.41) is 0. The minimum atomic E-state index is 0.163. The molecule has 0 saturated carbocycles. The molecule has 0 N–H and O–H groups in total. The summed E-state index contributed by atoms with van der Waals surface area (Å²) in [6.07, 6.45) is 3.98. The Bertz CT molecular complexity index is 1050. The Morgan fingerprint density at radius 2 is 2.03 bits per heavy atom. The number of aryl methyl sites for hydroxylation is 2. The first kappa shape index (κ1) is 19.3. The SMILES string of the molecule is CCc1nc2ccccc2n1CCC(=O)N1CCc2oc(C3CCOCC3)nc2C1. The molecule has 158 valence electrons. The average molecular weight is 409 g/mol. The van der Waals surface area contributed by atoms with Crippen molar-refractivity contribution in [3.8, 4) is 0 Å². The first-order valence-electron chi connectivity index (χ1n) is 11.0. The van der Waals surface area contributed by atoms with Crippen molar-refractivity contribution in [2.24, 2.45) is 0 Å².